The van der Waals surface area contributed by atoms with E-state index in [0.29, 0.717) is 11.3 Å². The van der Waals surface area contributed by atoms with Gasteiger partial charge in [0.2, 0.25) is 5.78 Å². The largest absolute Gasteiger partial charge is 0.287 e. The standard InChI is InChI=1S/C24H13N3O/c28-24-17-9-2-1-8-16(17)22-21-18(12-20(27-22)14-6-5-11-25-13-14)15-7-3-4-10-19(15)26-23(21)24/h1-13H. The molecule has 130 valence electrons. The Morgan fingerprint density at radius 1 is 0.714 bits per heavy atom. The maximum absolute atomic E-state index is 13.2. The molecule has 6 rings (SSSR count). The van der Waals surface area contributed by atoms with Crippen LogP contribution in [0.3, 0.4) is 0 Å². The van der Waals surface area contributed by atoms with Gasteiger partial charge in [-0.3, -0.25) is 9.78 Å². The number of hydrogen-bond donors (Lipinski definition) is 0. The average molecular weight is 359 g/mol. The summed E-state index contributed by atoms with van der Waals surface area (Å²) >= 11 is 0. The molecule has 2 aromatic carbocycles. The summed E-state index contributed by atoms with van der Waals surface area (Å²) in [5.74, 6) is -0.0465. The van der Waals surface area contributed by atoms with Crippen LogP contribution in [0.2, 0.25) is 0 Å². The topological polar surface area (TPSA) is 55.7 Å². The van der Waals surface area contributed by atoms with Crippen molar-refractivity contribution >= 4 is 27.5 Å². The lowest BCUT2D eigenvalue weighted by molar-refractivity contribution is 0.103. The number of hydrogen-bond acceptors (Lipinski definition) is 4. The molecule has 0 amide bonds. The van der Waals surface area contributed by atoms with Crippen LogP contribution >= 0.6 is 0 Å². The fraction of sp³-hybridized carbons (Fsp3) is 0. The van der Waals surface area contributed by atoms with E-state index < -0.39 is 0 Å². The minimum absolute atomic E-state index is 0.0465. The van der Waals surface area contributed by atoms with Gasteiger partial charge in [-0.15, -0.1) is 0 Å². The number of pyridine rings is 3. The van der Waals surface area contributed by atoms with Crippen LogP contribution in [-0.4, -0.2) is 20.7 Å². The van der Waals surface area contributed by atoms with E-state index in [1.807, 2.05) is 72.9 Å². The quantitative estimate of drug-likeness (QED) is 0.385. The molecule has 0 aliphatic heterocycles. The van der Waals surface area contributed by atoms with Gasteiger partial charge in [0, 0.05) is 39.9 Å². The van der Waals surface area contributed by atoms with Crippen molar-refractivity contribution in [3.63, 3.8) is 0 Å². The van der Waals surface area contributed by atoms with E-state index >= 15 is 0 Å². The van der Waals surface area contributed by atoms with Crippen molar-refractivity contribution in [2.45, 2.75) is 0 Å². The minimum Gasteiger partial charge on any atom is -0.287 e. The molecule has 4 heteroatoms. The molecule has 0 radical (unpaired) electrons. The summed E-state index contributed by atoms with van der Waals surface area (Å²) in [6.45, 7) is 0. The number of carbonyl (C=O) groups is 1. The first-order valence-corrected chi connectivity index (χ1v) is 9.09. The Bertz CT molecular complexity index is 1420. The number of carbonyl (C=O) groups excluding carboxylic acids is 1. The van der Waals surface area contributed by atoms with Gasteiger partial charge in [0.1, 0.15) is 5.69 Å². The number of ketones is 1. The molecule has 0 N–H and O–H groups in total. The van der Waals surface area contributed by atoms with E-state index in [1.165, 1.54) is 0 Å². The third-order valence-corrected chi connectivity index (χ3v) is 5.28. The predicted molar refractivity (Wildman–Crippen MR) is 109 cm³/mol. The van der Waals surface area contributed by atoms with Gasteiger partial charge >= 0.3 is 0 Å². The fourth-order valence-corrected chi connectivity index (χ4v) is 4.01. The molecule has 0 saturated carbocycles. The molecule has 0 atom stereocenters. The normalized spacial score (nSPS) is 12.4. The van der Waals surface area contributed by atoms with Crippen LogP contribution < -0.4 is 0 Å². The Morgan fingerprint density at radius 3 is 2.39 bits per heavy atom. The highest BCUT2D eigenvalue weighted by atomic mass is 16.1. The lowest BCUT2D eigenvalue weighted by Crippen LogP contribution is -2.13. The van der Waals surface area contributed by atoms with Crippen LogP contribution in [0.25, 0.3) is 44.2 Å². The van der Waals surface area contributed by atoms with E-state index in [-0.39, 0.29) is 5.78 Å². The van der Waals surface area contributed by atoms with Gasteiger partial charge in [0.25, 0.3) is 0 Å². The van der Waals surface area contributed by atoms with Gasteiger partial charge < -0.3 is 0 Å². The fourth-order valence-electron chi connectivity index (χ4n) is 4.01. The highest BCUT2D eigenvalue weighted by Gasteiger charge is 2.29. The van der Waals surface area contributed by atoms with Crippen molar-refractivity contribution in [2.24, 2.45) is 0 Å². The van der Waals surface area contributed by atoms with Crippen LogP contribution in [0.4, 0.5) is 0 Å². The summed E-state index contributed by atoms with van der Waals surface area (Å²) in [6.07, 6.45) is 3.56. The molecule has 0 unspecified atom stereocenters. The summed E-state index contributed by atoms with van der Waals surface area (Å²) in [7, 11) is 0. The molecule has 28 heavy (non-hydrogen) atoms. The molecule has 3 aromatic heterocycles. The number of rotatable bonds is 1. The highest BCUT2D eigenvalue weighted by molar-refractivity contribution is 6.27. The van der Waals surface area contributed by atoms with Crippen LogP contribution in [0, 0.1) is 0 Å². The Balaban J connectivity index is 1.85. The van der Waals surface area contributed by atoms with E-state index in [4.69, 9.17) is 9.97 Å². The van der Waals surface area contributed by atoms with Crippen LogP contribution in [0.15, 0.2) is 79.1 Å². The highest BCUT2D eigenvalue weighted by Crippen LogP contribution is 2.41. The van der Waals surface area contributed by atoms with E-state index in [9.17, 15) is 4.79 Å². The van der Waals surface area contributed by atoms with Crippen molar-refractivity contribution < 1.29 is 4.79 Å². The predicted octanol–water partition coefficient (Wildman–Crippen LogP) is 5.06. The maximum atomic E-state index is 13.2. The SMILES string of the molecule is O=C1c2ccccc2-c2nc(-c3cccnc3)cc3c2c1nc1ccccc13. The molecule has 5 aromatic rings. The van der Waals surface area contributed by atoms with Gasteiger partial charge in [-0.25, -0.2) is 9.97 Å². The van der Waals surface area contributed by atoms with Crippen molar-refractivity contribution in [3.05, 3.63) is 90.4 Å². The second-order valence-corrected chi connectivity index (χ2v) is 6.87. The molecular formula is C24H13N3O. The van der Waals surface area contributed by atoms with Crippen molar-refractivity contribution in [2.75, 3.05) is 0 Å². The van der Waals surface area contributed by atoms with Crippen molar-refractivity contribution in [3.8, 4) is 22.5 Å². The lowest BCUT2D eigenvalue weighted by atomic mass is 9.87. The summed E-state index contributed by atoms with van der Waals surface area (Å²) in [5.41, 5.74) is 5.38. The summed E-state index contributed by atoms with van der Waals surface area (Å²) in [4.78, 5) is 27.1. The Kier molecular flexibility index (Phi) is 3.00. The van der Waals surface area contributed by atoms with Crippen molar-refractivity contribution in [1.82, 2.24) is 15.0 Å². The van der Waals surface area contributed by atoms with Gasteiger partial charge in [-0.1, -0.05) is 42.5 Å². The molecule has 0 spiro atoms. The third-order valence-electron chi connectivity index (χ3n) is 5.28. The number of benzene rings is 2. The summed E-state index contributed by atoms with van der Waals surface area (Å²) in [6, 6.07) is 21.5. The smallest absolute Gasteiger partial charge is 0.212 e. The molecule has 0 saturated heterocycles. The van der Waals surface area contributed by atoms with Gasteiger partial charge in [0.15, 0.2) is 0 Å². The summed E-state index contributed by atoms with van der Waals surface area (Å²) < 4.78 is 0. The third kappa shape index (κ3) is 2.00. The number of para-hydroxylation sites is 1. The zero-order valence-electron chi connectivity index (χ0n) is 14.8. The van der Waals surface area contributed by atoms with Gasteiger partial charge in [0.05, 0.1) is 16.9 Å². The molecule has 1 aliphatic carbocycles. The van der Waals surface area contributed by atoms with Gasteiger partial charge in [-0.2, -0.15) is 0 Å². The minimum atomic E-state index is -0.0465. The molecule has 3 heterocycles. The van der Waals surface area contributed by atoms with E-state index in [1.54, 1.807) is 6.20 Å². The molecule has 0 bridgehead atoms. The first kappa shape index (κ1) is 15.2. The number of fused-ring (bicyclic) bond motifs is 4. The molecule has 4 nitrogen and oxygen atoms in total. The Morgan fingerprint density at radius 2 is 1.54 bits per heavy atom. The monoisotopic (exact) mass is 359 g/mol. The second kappa shape index (κ2) is 5.54. The molecule has 1 aliphatic rings. The van der Waals surface area contributed by atoms with E-state index in [2.05, 4.69) is 4.98 Å². The Labute approximate surface area is 160 Å². The average Bonchev–Trinajstić information content (AvgIpc) is 2.77. The lowest BCUT2D eigenvalue weighted by Gasteiger charge is -2.20. The molecular weight excluding hydrogens is 346 g/mol. The zero-order valence-corrected chi connectivity index (χ0v) is 14.8. The zero-order chi connectivity index (χ0) is 18.7. The Hall–Kier alpha value is -3.92. The van der Waals surface area contributed by atoms with Crippen LogP contribution in [0.1, 0.15) is 16.1 Å². The summed E-state index contributed by atoms with van der Waals surface area (Å²) in [5, 5.41) is 2.84. The maximum Gasteiger partial charge on any atom is 0.212 e. The number of aromatic nitrogens is 3. The van der Waals surface area contributed by atoms with Crippen LogP contribution in [0.5, 0.6) is 0 Å². The van der Waals surface area contributed by atoms with Gasteiger partial charge in [-0.05, 0) is 29.7 Å². The van der Waals surface area contributed by atoms with Crippen LogP contribution in [-0.2, 0) is 0 Å². The van der Waals surface area contributed by atoms with E-state index in [0.717, 1.165) is 44.2 Å². The second-order valence-electron chi connectivity index (χ2n) is 6.87. The van der Waals surface area contributed by atoms with Crippen molar-refractivity contribution in [1.29, 1.82) is 0 Å². The molecule has 0 fully saturated rings. The first-order valence-electron chi connectivity index (χ1n) is 9.09. The first-order chi connectivity index (χ1) is 13.8. The number of nitrogens with zero attached hydrogens (tertiary/aromatic N) is 3.